The number of hydrogen-bond acceptors (Lipinski definition) is 5. The van der Waals surface area contributed by atoms with Crippen LogP contribution < -0.4 is 5.32 Å². The summed E-state index contributed by atoms with van der Waals surface area (Å²) in [6.07, 6.45) is 7.92. The van der Waals surface area contributed by atoms with Gasteiger partial charge < -0.3 is 0 Å². The molecule has 0 saturated carbocycles. The van der Waals surface area contributed by atoms with Gasteiger partial charge in [-0.25, -0.2) is 9.97 Å². The molecule has 3 aromatic heterocycles. The number of fused-ring (bicyclic) bond motifs is 2. The fourth-order valence-electron chi connectivity index (χ4n) is 3.60. The summed E-state index contributed by atoms with van der Waals surface area (Å²) in [6, 6.07) is 13.4. The maximum atomic E-state index is 13.1. The monoisotopic (exact) mass is 386 g/mol. The van der Waals surface area contributed by atoms with Crippen LogP contribution in [0, 0.1) is 0 Å². The smallest absolute Gasteiger partial charge is 0.258 e. The maximum Gasteiger partial charge on any atom is 0.258 e. The van der Waals surface area contributed by atoms with Crippen LogP contribution in [-0.4, -0.2) is 20.9 Å². The topological polar surface area (TPSA) is 67.8 Å². The summed E-state index contributed by atoms with van der Waals surface area (Å²) < 4.78 is 0. The number of carbonyl (C=O) groups excluding carboxylic acids is 1. The van der Waals surface area contributed by atoms with Crippen molar-refractivity contribution in [1.82, 2.24) is 15.0 Å². The first-order chi connectivity index (χ1) is 13.8. The molecule has 0 unspecified atom stereocenters. The average Bonchev–Trinajstić information content (AvgIpc) is 3.15. The predicted molar refractivity (Wildman–Crippen MR) is 112 cm³/mol. The number of para-hydroxylation sites is 1. The van der Waals surface area contributed by atoms with E-state index in [1.54, 1.807) is 23.7 Å². The van der Waals surface area contributed by atoms with Crippen LogP contribution in [0.4, 0.5) is 5.13 Å². The van der Waals surface area contributed by atoms with E-state index < -0.39 is 0 Å². The highest BCUT2D eigenvalue weighted by atomic mass is 32.1. The number of pyridine rings is 2. The minimum Gasteiger partial charge on any atom is -0.298 e. The van der Waals surface area contributed by atoms with Crippen molar-refractivity contribution in [1.29, 1.82) is 0 Å². The zero-order valence-electron chi connectivity index (χ0n) is 15.2. The molecule has 1 aliphatic carbocycles. The lowest BCUT2D eigenvalue weighted by Crippen LogP contribution is -2.13. The van der Waals surface area contributed by atoms with E-state index in [0.717, 1.165) is 40.7 Å². The molecule has 138 valence electrons. The van der Waals surface area contributed by atoms with Gasteiger partial charge in [-0.15, -0.1) is 11.3 Å². The van der Waals surface area contributed by atoms with Crippen molar-refractivity contribution in [2.75, 3.05) is 5.32 Å². The number of thiazole rings is 1. The van der Waals surface area contributed by atoms with Crippen molar-refractivity contribution >= 4 is 33.3 Å². The van der Waals surface area contributed by atoms with Crippen molar-refractivity contribution in [3.8, 4) is 11.3 Å². The second kappa shape index (κ2) is 7.13. The van der Waals surface area contributed by atoms with Crippen molar-refractivity contribution < 1.29 is 4.79 Å². The Morgan fingerprint density at radius 3 is 2.79 bits per heavy atom. The molecule has 0 spiro atoms. The number of hydrogen-bond donors (Lipinski definition) is 1. The number of amides is 1. The number of rotatable bonds is 3. The molecule has 0 atom stereocenters. The molecule has 1 aliphatic rings. The van der Waals surface area contributed by atoms with Gasteiger partial charge in [0.2, 0.25) is 0 Å². The normalized spacial score (nSPS) is 13.3. The lowest BCUT2D eigenvalue weighted by atomic mass is 10.0. The summed E-state index contributed by atoms with van der Waals surface area (Å²) in [5.41, 5.74) is 4.13. The standard InChI is InChI=1S/C22H18N4OS/c27-21(26-22-25-18-9-3-4-10-20(18)28-22)16-12-19(14-6-5-11-23-13-14)24-17-8-2-1-7-15(16)17/h1-2,5-8,11-13H,3-4,9-10H2,(H,25,26,27). The summed E-state index contributed by atoms with van der Waals surface area (Å²) in [4.78, 5) is 28.0. The Hall–Kier alpha value is -3.12. The van der Waals surface area contributed by atoms with Crippen molar-refractivity contribution in [2.24, 2.45) is 0 Å². The zero-order chi connectivity index (χ0) is 18.9. The molecule has 0 radical (unpaired) electrons. The Balaban J connectivity index is 1.55. The van der Waals surface area contributed by atoms with Crippen molar-refractivity contribution in [2.45, 2.75) is 25.7 Å². The van der Waals surface area contributed by atoms with E-state index in [9.17, 15) is 4.79 Å². The molecule has 0 fully saturated rings. The van der Waals surface area contributed by atoms with Crippen LogP contribution in [0.2, 0.25) is 0 Å². The fraction of sp³-hybridized carbons (Fsp3) is 0.182. The third kappa shape index (κ3) is 3.16. The summed E-state index contributed by atoms with van der Waals surface area (Å²) in [6.45, 7) is 0. The van der Waals surface area contributed by atoms with E-state index in [2.05, 4.69) is 15.3 Å². The second-order valence-electron chi connectivity index (χ2n) is 6.86. The Kier molecular flexibility index (Phi) is 4.33. The molecule has 5 rings (SSSR count). The van der Waals surface area contributed by atoms with Gasteiger partial charge in [0, 0.05) is 28.2 Å². The number of carbonyl (C=O) groups is 1. The summed E-state index contributed by atoms with van der Waals surface area (Å²) in [5.74, 6) is -0.158. The Bertz CT molecular complexity index is 1150. The van der Waals surface area contributed by atoms with Gasteiger partial charge >= 0.3 is 0 Å². The van der Waals surface area contributed by atoms with Crippen LogP contribution in [0.25, 0.3) is 22.2 Å². The molecule has 1 aromatic carbocycles. The summed E-state index contributed by atoms with van der Waals surface area (Å²) in [7, 11) is 0. The lowest BCUT2D eigenvalue weighted by Gasteiger charge is -2.09. The number of aromatic nitrogens is 3. The SMILES string of the molecule is O=C(Nc1nc2c(s1)CCCC2)c1cc(-c2cccnc2)nc2ccccc12. The van der Waals surface area contributed by atoms with Gasteiger partial charge in [-0.2, -0.15) is 0 Å². The van der Waals surface area contributed by atoms with E-state index in [4.69, 9.17) is 4.98 Å². The van der Waals surface area contributed by atoms with Crippen LogP contribution in [-0.2, 0) is 12.8 Å². The highest BCUT2D eigenvalue weighted by molar-refractivity contribution is 7.15. The van der Waals surface area contributed by atoms with E-state index in [1.807, 2.05) is 42.5 Å². The summed E-state index contributed by atoms with van der Waals surface area (Å²) in [5, 5.41) is 4.52. The average molecular weight is 386 g/mol. The first-order valence-corrected chi connectivity index (χ1v) is 10.2. The van der Waals surface area contributed by atoms with Crippen LogP contribution in [0.3, 0.4) is 0 Å². The molecule has 6 heteroatoms. The molecule has 4 aromatic rings. The van der Waals surface area contributed by atoms with Gasteiger partial charge in [-0.05, 0) is 49.9 Å². The zero-order valence-corrected chi connectivity index (χ0v) is 16.0. The van der Waals surface area contributed by atoms with Crippen molar-refractivity contribution in [3.05, 3.63) is 71.0 Å². The molecule has 3 heterocycles. The predicted octanol–water partition coefficient (Wildman–Crippen LogP) is 4.88. The number of benzene rings is 1. The molecule has 0 aliphatic heterocycles. The maximum absolute atomic E-state index is 13.1. The van der Waals surface area contributed by atoms with E-state index >= 15 is 0 Å². The van der Waals surface area contributed by atoms with Crippen LogP contribution in [0.1, 0.15) is 33.8 Å². The second-order valence-corrected chi connectivity index (χ2v) is 7.95. The van der Waals surface area contributed by atoms with Crippen LogP contribution >= 0.6 is 11.3 Å². The van der Waals surface area contributed by atoms with E-state index in [0.29, 0.717) is 10.7 Å². The largest absolute Gasteiger partial charge is 0.298 e. The van der Waals surface area contributed by atoms with E-state index in [-0.39, 0.29) is 5.91 Å². The molecule has 28 heavy (non-hydrogen) atoms. The molecule has 0 bridgehead atoms. The first kappa shape index (κ1) is 17.0. The minimum atomic E-state index is -0.158. The highest BCUT2D eigenvalue weighted by Crippen LogP contribution is 2.31. The Labute approximate surface area is 166 Å². The number of aryl methyl sites for hydroxylation is 2. The van der Waals surface area contributed by atoms with Gasteiger partial charge in [0.15, 0.2) is 5.13 Å². The quantitative estimate of drug-likeness (QED) is 0.545. The number of nitrogens with zero attached hydrogens (tertiary/aromatic N) is 3. The van der Waals surface area contributed by atoms with Gasteiger partial charge in [-0.1, -0.05) is 18.2 Å². The van der Waals surface area contributed by atoms with Gasteiger partial charge in [0.1, 0.15) is 0 Å². The highest BCUT2D eigenvalue weighted by Gasteiger charge is 2.19. The molecule has 1 N–H and O–H groups in total. The number of anilines is 1. The van der Waals surface area contributed by atoms with Crippen molar-refractivity contribution in [3.63, 3.8) is 0 Å². The molecule has 0 saturated heterocycles. The van der Waals surface area contributed by atoms with E-state index in [1.165, 1.54) is 17.7 Å². The Morgan fingerprint density at radius 1 is 1.04 bits per heavy atom. The molecule has 1 amide bonds. The lowest BCUT2D eigenvalue weighted by molar-refractivity contribution is 0.102. The third-order valence-corrected chi connectivity index (χ3v) is 6.06. The van der Waals surface area contributed by atoms with Crippen LogP contribution in [0.15, 0.2) is 54.9 Å². The van der Waals surface area contributed by atoms with Gasteiger partial charge in [0.25, 0.3) is 5.91 Å². The number of nitrogens with one attached hydrogen (secondary N) is 1. The molecule has 5 nitrogen and oxygen atoms in total. The first-order valence-electron chi connectivity index (χ1n) is 9.38. The Morgan fingerprint density at radius 2 is 1.93 bits per heavy atom. The van der Waals surface area contributed by atoms with Crippen LogP contribution in [0.5, 0.6) is 0 Å². The minimum absolute atomic E-state index is 0.158. The summed E-state index contributed by atoms with van der Waals surface area (Å²) >= 11 is 1.60. The molecular formula is C22H18N4OS. The van der Waals surface area contributed by atoms with Gasteiger partial charge in [-0.3, -0.25) is 15.1 Å². The van der Waals surface area contributed by atoms with Gasteiger partial charge in [0.05, 0.1) is 22.5 Å². The third-order valence-electron chi connectivity index (χ3n) is 4.98. The fourth-order valence-corrected chi connectivity index (χ4v) is 4.64. The molecular weight excluding hydrogens is 368 g/mol.